The van der Waals surface area contributed by atoms with Crippen molar-refractivity contribution in [2.75, 3.05) is 7.11 Å². The Kier molecular flexibility index (Phi) is 4.10. The molecule has 0 atom stereocenters. The minimum atomic E-state index is 0.340. The molecule has 1 aromatic heterocycles. The van der Waals surface area contributed by atoms with Crippen molar-refractivity contribution in [2.24, 2.45) is 0 Å². The van der Waals surface area contributed by atoms with Gasteiger partial charge in [-0.3, -0.25) is 0 Å². The summed E-state index contributed by atoms with van der Waals surface area (Å²) in [6.45, 7) is 0.340. The number of hydrogen-bond acceptors (Lipinski definition) is 3. The molecule has 0 saturated heterocycles. The van der Waals surface area contributed by atoms with Gasteiger partial charge in [0.15, 0.2) is 5.82 Å². The summed E-state index contributed by atoms with van der Waals surface area (Å²) in [7, 11) is 1.60. The Labute approximate surface area is 113 Å². The first-order chi connectivity index (χ1) is 8.22. The molecule has 0 saturated carbocycles. The van der Waals surface area contributed by atoms with Crippen molar-refractivity contribution in [2.45, 2.75) is 6.61 Å². The lowest BCUT2D eigenvalue weighted by Crippen LogP contribution is -2.00. The van der Waals surface area contributed by atoms with Gasteiger partial charge in [0, 0.05) is 12.7 Å². The topological polar surface area (TPSA) is 35.0 Å². The van der Waals surface area contributed by atoms with Crippen molar-refractivity contribution < 1.29 is 4.74 Å². The van der Waals surface area contributed by atoms with E-state index in [1.165, 1.54) is 0 Å². The van der Waals surface area contributed by atoms with Crippen LogP contribution < -0.4 is 0 Å². The monoisotopic (exact) mass is 312 g/mol. The lowest BCUT2D eigenvalue weighted by molar-refractivity contribution is 0.178. The minimum absolute atomic E-state index is 0.340. The molecule has 0 N–H and O–H groups in total. The van der Waals surface area contributed by atoms with Gasteiger partial charge in [-0.2, -0.15) is 0 Å². The molecule has 88 valence electrons. The molecule has 0 aliphatic rings. The second-order valence-corrected chi connectivity index (χ2v) is 4.54. The van der Waals surface area contributed by atoms with Crippen LogP contribution in [0, 0.1) is 0 Å². The van der Waals surface area contributed by atoms with Crippen LogP contribution in [0.25, 0.3) is 11.3 Å². The average molecular weight is 314 g/mol. The Morgan fingerprint density at radius 1 is 1.24 bits per heavy atom. The third-order valence-electron chi connectivity index (χ3n) is 2.18. The molecule has 17 heavy (non-hydrogen) atoms. The van der Waals surface area contributed by atoms with E-state index in [0.717, 1.165) is 11.3 Å². The molecule has 0 bridgehead atoms. The standard InChI is InChI=1S/C12H10BrClN2O/c1-17-7-9-15-11(10(13)12(14)16-9)8-5-3-2-4-6-8/h2-6H,7H2,1H3. The van der Waals surface area contributed by atoms with Gasteiger partial charge >= 0.3 is 0 Å². The van der Waals surface area contributed by atoms with Crippen LogP contribution in [0.2, 0.25) is 5.15 Å². The van der Waals surface area contributed by atoms with Gasteiger partial charge in [0.1, 0.15) is 11.8 Å². The quantitative estimate of drug-likeness (QED) is 0.810. The number of ether oxygens (including phenoxy) is 1. The van der Waals surface area contributed by atoms with Gasteiger partial charge in [0.05, 0.1) is 10.2 Å². The minimum Gasteiger partial charge on any atom is -0.377 e. The predicted molar refractivity (Wildman–Crippen MR) is 70.9 cm³/mol. The molecule has 0 spiro atoms. The Bertz CT molecular complexity index is 519. The Morgan fingerprint density at radius 2 is 1.94 bits per heavy atom. The summed E-state index contributed by atoms with van der Waals surface area (Å²) < 4.78 is 5.71. The molecule has 2 aromatic rings. The zero-order chi connectivity index (χ0) is 12.3. The van der Waals surface area contributed by atoms with Crippen LogP contribution in [-0.2, 0) is 11.3 Å². The number of hydrogen-bond donors (Lipinski definition) is 0. The van der Waals surface area contributed by atoms with Crippen LogP contribution in [-0.4, -0.2) is 17.1 Å². The Balaban J connectivity index is 2.53. The smallest absolute Gasteiger partial charge is 0.156 e. The molecular weight excluding hydrogens is 304 g/mol. The zero-order valence-electron chi connectivity index (χ0n) is 9.15. The fraction of sp³-hybridized carbons (Fsp3) is 0.167. The van der Waals surface area contributed by atoms with Crippen molar-refractivity contribution >= 4 is 27.5 Å². The second-order valence-electron chi connectivity index (χ2n) is 3.39. The molecule has 1 heterocycles. The molecule has 0 radical (unpaired) electrons. The summed E-state index contributed by atoms with van der Waals surface area (Å²) in [6, 6.07) is 9.80. The number of nitrogens with zero attached hydrogens (tertiary/aromatic N) is 2. The summed E-state index contributed by atoms with van der Waals surface area (Å²) in [4.78, 5) is 8.56. The molecule has 0 fully saturated rings. The summed E-state index contributed by atoms with van der Waals surface area (Å²) in [5.74, 6) is 0.569. The summed E-state index contributed by atoms with van der Waals surface area (Å²) in [6.07, 6.45) is 0. The molecule has 3 nitrogen and oxygen atoms in total. The number of rotatable bonds is 3. The van der Waals surface area contributed by atoms with Gasteiger partial charge < -0.3 is 4.74 Å². The van der Waals surface area contributed by atoms with Crippen LogP contribution in [0.1, 0.15) is 5.82 Å². The van der Waals surface area contributed by atoms with Crippen molar-refractivity contribution in [3.05, 3.63) is 45.8 Å². The first-order valence-corrected chi connectivity index (χ1v) is 6.15. The first kappa shape index (κ1) is 12.5. The van der Waals surface area contributed by atoms with E-state index in [2.05, 4.69) is 25.9 Å². The van der Waals surface area contributed by atoms with Gasteiger partial charge in [0.25, 0.3) is 0 Å². The summed E-state index contributed by atoms with van der Waals surface area (Å²) in [5, 5.41) is 0.394. The molecular formula is C12H10BrClN2O. The van der Waals surface area contributed by atoms with Gasteiger partial charge in [-0.05, 0) is 15.9 Å². The SMILES string of the molecule is COCc1nc(Cl)c(Br)c(-c2ccccc2)n1. The maximum atomic E-state index is 6.05. The third kappa shape index (κ3) is 2.83. The van der Waals surface area contributed by atoms with E-state index >= 15 is 0 Å². The highest BCUT2D eigenvalue weighted by molar-refractivity contribution is 9.10. The van der Waals surface area contributed by atoms with Crippen molar-refractivity contribution in [3.8, 4) is 11.3 Å². The van der Waals surface area contributed by atoms with E-state index in [9.17, 15) is 0 Å². The lowest BCUT2D eigenvalue weighted by atomic mass is 10.1. The van der Waals surface area contributed by atoms with Crippen molar-refractivity contribution in [1.29, 1.82) is 0 Å². The Hall–Kier alpha value is -0.970. The van der Waals surface area contributed by atoms with E-state index in [1.807, 2.05) is 30.3 Å². The predicted octanol–water partition coefficient (Wildman–Crippen LogP) is 3.71. The maximum Gasteiger partial charge on any atom is 0.156 e. The first-order valence-electron chi connectivity index (χ1n) is 4.98. The molecule has 0 unspecified atom stereocenters. The van der Waals surface area contributed by atoms with E-state index in [-0.39, 0.29) is 0 Å². The fourth-order valence-corrected chi connectivity index (χ4v) is 2.04. The number of methoxy groups -OCH3 is 1. The molecule has 0 aliphatic heterocycles. The van der Waals surface area contributed by atoms with Crippen molar-refractivity contribution in [3.63, 3.8) is 0 Å². The molecule has 1 aromatic carbocycles. The molecule has 0 aliphatic carbocycles. The maximum absolute atomic E-state index is 6.05. The molecule has 5 heteroatoms. The van der Waals surface area contributed by atoms with Gasteiger partial charge in [-0.15, -0.1) is 0 Å². The van der Waals surface area contributed by atoms with Crippen LogP contribution in [0.15, 0.2) is 34.8 Å². The van der Waals surface area contributed by atoms with Gasteiger partial charge in [0.2, 0.25) is 0 Å². The van der Waals surface area contributed by atoms with E-state index < -0.39 is 0 Å². The highest BCUT2D eigenvalue weighted by Crippen LogP contribution is 2.31. The van der Waals surface area contributed by atoms with E-state index in [0.29, 0.717) is 22.1 Å². The van der Waals surface area contributed by atoms with E-state index in [1.54, 1.807) is 7.11 Å². The average Bonchev–Trinajstić information content (AvgIpc) is 2.35. The largest absolute Gasteiger partial charge is 0.377 e. The van der Waals surface area contributed by atoms with E-state index in [4.69, 9.17) is 16.3 Å². The van der Waals surface area contributed by atoms with Crippen molar-refractivity contribution in [1.82, 2.24) is 9.97 Å². The second kappa shape index (κ2) is 5.58. The summed E-state index contributed by atoms with van der Waals surface area (Å²) >= 11 is 9.46. The van der Waals surface area contributed by atoms with Gasteiger partial charge in [-0.1, -0.05) is 41.9 Å². The van der Waals surface area contributed by atoms with Crippen LogP contribution in [0.5, 0.6) is 0 Å². The molecule has 0 amide bonds. The van der Waals surface area contributed by atoms with Crippen LogP contribution in [0.3, 0.4) is 0 Å². The van der Waals surface area contributed by atoms with Crippen LogP contribution >= 0.6 is 27.5 Å². The Morgan fingerprint density at radius 3 is 2.59 bits per heavy atom. The number of halogens is 2. The van der Waals surface area contributed by atoms with Gasteiger partial charge in [-0.25, -0.2) is 9.97 Å². The van der Waals surface area contributed by atoms with Crippen LogP contribution in [0.4, 0.5) is 0 Å². The fourth-order valence-electron chi connectivity index (χ4n) is 1.44. The number of benzene rings is 1. The zero-order valence-corrected chi connectivity index (χ0v) is 11.5. The highest BCUT2D eigenvalue weighted by atomic mass is 79.9. The summed E-state index contributed by atoms with van der Waals surface area (Å²) in [5.41, 5.74) is 1.76. The molecule has 2 rings (SSSR count). The lowest BCUT2D eigenvalue weighted by Gasteiger charge is -2.07. The normalized spacial score (nSPS) is 10.5. The highest BCUT2D eigenvalue weighted by Gasteiger charge is 2.12. The number of aromatic nitrogens is 2. The third-order valence-corrected chi connectivity index (χ3v) is 3.43.